The van der Waals surface area contributed by atoms with E-state index in [1.54, 1.807) is 11.8 Å². The summed E-state index contributed by atoms with van der Waals surface area (Å²) in [4.78, 5) is 37.4. The summed E-state index contributed by atoms with van der Waals surface area (Å²) in [6.07, 6.45) is 2.62. The van der Waals surface area contributed by atoms with E-state index in [4.69, 9.17) is 0 Å². The number of hydrogen-bond donors (Lipinski definition) is 1. The third-order valence-corrected chi connectivity index (χ3v) is 4.70. The quantitative estimate of drug-likeness (QED) is 0.578. The average molecular weight is 300 g/mol. The highest BCUT2D eigenvalue weighted by Crippen LogP contribution is 2.35. The van der Waals surface area contributed by atoms with Crippen molar-refractivity contribution in [2.45, 2.75) is 40.0 Å². The molecule has 1 unspecified atom stereocenters. The lowest BCUT2D eigenvalue weighted by atomic mass is 9.78. The number of carbonyl (C=O) groups is 3. The Bertz CT molecular complexity index is 398. The van der Waals surface area contributed by atoms with Gasteiger partial charge in [0.05, 0.1) is 0 Å². The van der Waals surface area contributed by atoms with Crippen LogP contribution >= 0.6 is 11.8 Å². The molecule has 4 amide bonds. The molecule has 1 aliphatic rings. The van der Waals surface area contributed by atoms with Crippen LogP contribution in [0.4, 0.5) is 4.79 Å². The first-order valence-corrected chi connectivity index (χ1v) is 8.22. The van der Waals surface area contributed by atoms with Gasteiger partial charge in [-0.25, -0.2) is 4.79 Å². The molecule has 0 aromatic carbocycles. The lowest BCUT2D eigenvalue weighted by Crippen LogP contribution is -2.64. The minimum absolute atomic E-state index is 0.207. The SMILES string of the molecule is CCCCSCC1(CC(C)C)C(=O)NC(=O)N(C)C1=O. The molecule has 1 aliphatic heterocycles. The van der Waals surface area contributed by atoms with Gasteiger partial charge in [-0.1, -0.05) is 27.2 Å². The van der Waals surface area contributed by atoms with Crippen LogP contribution < -0.4 is 5.32 Å². The van der Waals surface area contributed by atoms with E-state index < -0.39 is 17.4 Å². The smallest absolute Gasteiger partial charge is 0.277 e. The standard InChI is InChI=1S/C14H24N2O3S/c1-5-6-7-20-9-14(8-10(2)3)11(17)15-13(19)16(4)12(14)18/h10H,5-9H2,1-4H3,(H,15,17,19). The molecule has 1 saturated heterocycles. The van der Waals surface area contributed by atoms with Gasteiger partial charge in [-0.3, -0.25) is 19.8 Å². The highest BCUT2D eigenvalue weighted by atomic mass is 32.2. The number of urea groups is 1. The molecule has 0 bridgehead atoms. The number of nitrogens with zero attached hydrogens (tertiary/aromatic N) is 1. The highest BCUT2D eigenvalue weighted by molar-refractivity contribution is 7.99. The van der Waals surface area contributed by atoms with Crippen molar-refractivity contribution in [3.05, 3.63) is 0 Å². The molecule has 114 valence electrons. The van der Waals surface area contributed by atoms with Gasteiger partial charge in [0.2, 0.25) is 11.8 Å². The number of thioether (sulfide) groups is 1. The number of carbonyl (C=O) groups excluding carboxylic acids is 3. The molecule has 0 radical (unpaired) electrons. The van der Waals surface area contributed by atoms with E-state index in [1.165, 1.54) is 7.05 Å². The maximum absolute atomic E-state index is 12.5. The summed E-state index contributed by atoms with van der Waals surface area (Å²) in [6.45, 7) is 6.07. The van der Waals surface area contributed by atoms with Crippen LogP contribution in [0.25, 0.3) is 0 Å². The van der Waals surface area contributed by atoms with Crippen LogP contribution in [0.15, 0.2) is 0 Å². The second-order valence-electron chi connectivity index (χ2n) is 5.71. The van der Waals surface area contributed by atoms with Crippen LogP contribution in [0.5, 0.6) is 0 Å². The first-order valence-electron chi connectivity index (χ1n) is 7.06. The van der Waals surface area contributed by atoms with Crippen LogP contribution in [-0.4, -0.2) is 41.3 Å². The van der Waals surface area contributed by atoms with Crippen molar-refractivity contribution in [1.82, 2.24) is 10.2 Å². The summed E-state index contributed by atoms with van der Waals surface area (Å²) in [7, 11) is 1.43. The predicted octanol–water partition coefficient (Wildman–Crippen LogP) is 2.26. The van der Waals surface area contributed by atoms with Crippen molar-refractivity contribution in [3.63, 3.8) is 0 Å². The van der Waals surface area contributed by atoms with Crippen LogP contribution in [-0.2, 0) is 9.59 Å². The maximum atomic E-state index is 12.5. The van der Waals surface area contributed by atoms with Gasteiger partial charge >= 0.3 is 6.03 Å². The minimum Gasteiger partial charge on any atom is -0.277 e. The number of hydrogen-bond acceptors (Lipinski definition) is 4. The van der Waals surface area contributed by atoms with Crippen molar-refractivity contribution in [2.75, 3.05) is 18.6 Å². The zero-order valence-electron chi connectivity index (χ0n) is 12.7. The monoisotopic (exact) mass is 300 g/mol. The predicted molar refractivity (Wildman–Crippen MR) is 80.4 cm³/mol. The van der Waals surface area contributed by atoms with Gasteiger partial charge in [0.15, 0.2) is 0 Å². The van der Waals surface area contributed by atoms with Gasteiger partial charge < -0.3 is 0 Å². The molecule has 0 aliphatic carbocycles. The van der Waals surface area contributed by atoms with Crippen LogP contribution in [0.1, 0.15) is 40.0 Å². The van der Waals surface area contributed by atoms with Crippen molar-refractivity contribution in [3.8, 4) is 0 Å². The first-order chi connectivity index (χ1) is 9.35. The Morgan fingerprint density at radius 2 is 1.95 bits per heavy atom. The molecule has 1 atom stereocenters. The maximum Gasteiger partial charge on any atom is 0.330 e. The Hall–Kier alpha value is -1.04. The zero-order valence-corrected chi connectivity index (χ0v) is 13.5. The summed E-state index contributed by atoms with van der Waals surface area (Å²) in [5.41, 5.74) is -1.10. The summed E-state index contributed by atoms with van der Waals surface area (Å²) in [5.74, 6) is 0.757. The van der Waals surface area contributed by atoms with Gasteiger partial charge in [-0.15, -0.1) is 0 Å². The van der Waals surface area contributed by atoms with E-state index in [2.05, 4.69) is 12.2 Å². The molecular formula is C14H24N2O3S. The Balaban J connectivity index is 2.93. The molecule has 1 fully saturated rings. The number of barbiturate groups is 1. The van der Waals surface area contributed by atoms with Crippen molar-refractivity contribution in [1.29, 1.82) is 0 Å². The van der Waals surface area contributed by atoms with Crippen molar-refractivity contribution < 1.29 is 14.4 Å². The molecular weight excluding hydrogens is 276 g/mol. The average Bonchev–Trinajstić information content (AvgIpc) is 2.38. The van der Waals surface area contributed by atoms with E-state index in [9.17, 15) is 14.4 Å². The van der Waals surface area contributed by atoms with Gasteiger partial charge in [-0.2, -0.15) is 11.8 Å². The van der Waals surface area contributed by atoms with E-state index in [-0.39, 0.29) is 11.8 Å². The Kier molecular flexibility index (Phi) is 6.05. The number of rotatable bonds is 7. The topological polar surface area (TPSA) is 66.5 Å². The van der Waals surface area contributed by atoms with E-state index in [0.29, 0.717) is 12.2 Å². The number of nitrogens with one attached hydrogen (secondary N) is 1. The lowest BCUT2D eigenvalue weighted by molar-refractivity contribution is -0.150. The molecule has 20 heavy (non-hydrogen) atoms. The second kappa shape index (κ2) is 7.11. The number of amides is 4. The van der Waals surface area contributed by atoms with Crippen molar-refractivity contribution in [2.24, 2.45) is 11.3 Å². The molecule has 0 aromatic rings. The summed E-state index contributed by atoms with van der Waals surface area (Å²) in [5, 5.41) is 2.31. The normalized spacial score (nSPS) is 23.4. The van der Waals surface area contributed by atoms with Gasteiger partial charge in [0.1, 0.15) is 5.41 Å². The number of unbranched alkanes of at least 4 members (excludes halogenated alkanes) is 1. The van der Waals surface area contributed by atoms with Crippen LogP contribution in [0, 0.1) is 11.3 Å². The second-order valence-corrected chi connectivity index (χ2v) is 6.81. The van der Waals surface area contributed by atoms with E-state index in [0.717, 1.165) is 23.5 Å². The van der Waals surface area contributed by atoms with Gasteiger partial charge in [-0.05, 0) is 24.5 Å². The van der Waals surface area contributed by atoms with Crippen LogP contribution in [0.2, 0.25) is 0 Å². The number of imide groups is 2. The molecule has 0 saturated carbocycles. The molecule has 0 spiro atoms. The fourth-order valence-electron chi connectivity index (χ4n) is 2.37. The van der Waals surface area contributed by atoms with Gasteiger partial charge in [0, 0.05) is 12.8 Å². The molecule has 1 N–H and O–H groups in total. The Morgan fingerprint density at radius 1 is 1.30 bits per heavy atom. The Morgan fingerprint density at radius 3 is 2.50 bits per heavy atom. The highest BCUT2D eigenvalue weighted by Gasteiger charge is 2.52. The largest absolute Gasteiger partial charge is 0.330 e. The molecule has 1 heterocycles. The van der Waals surface area contributed by atoms with E-state index in [1.807, 2.05) is 13.8 Å². The third-order valence-electron chi connectivity index (χ3n) is 3.42. The molecule has 6 heteroatoms. The Labute approximate surface area is 124 Å². The summed E-state index contributed by atoms with van der Waals surface area (Å²) in [6, 6.07) is -0.627. The lowest BCUT2D eigenvalue weighted by Gasteiger charge is -2.38. The van der Waals surface area contributed by atoms with Crippen LogP contribution in [0.3, 0.4) is 0 Å². The first kappa shape index (κ1) is 17.0. The minimum atomic E-state index is -1.10. The van der Waals surface area contributed by atoms with Crippen molar-refractivity contribution >= 4 is 29.6 Å². The summed E-state index contributed by atoms with van der Waals surface area (Å²) < 4.78 is 0. The molecule has 0 aromatic heterocycles. The van der Waals surface area contributed by atoms with E-state index >= 15 is 0 Å². The molecule has 1 rings (SSSR count). The third kappa shape index (κ3) is 3.53. The zero-order chi connectivity index (χ0) is 15.3. The fourth-order valence-corrected chi connectivity index (χ4v) is 3.72. The summed E-state index contributed by atoms with van der Waals surface area (Å²) >= 11 is 1.62. The van der Waals surface area contributed by atoms with Gasteiger partial charge in [0.25, 0.3) is 0 Å². The fraction of sp³-hybridized carbons (Fsp3) is 0.786. The molecule has 5 nitrogen and oxygen atoms in total.